The van der Waals surface area contributed by atoms with E-state index in [1.807, 2.05) is 7.05 Å². The fourth-order valence-corrected chi connectivity index (χ4v) is 2.52. The van der Waals surface area contributed by atoms with Crippen LogP contribution in [0.4, 0.5) is 0 Å². The van der Waals surface area contributed by atoms with E-state index in [1.54, 1.807) is 7.05 Å². The van der Waals surface area contributed by atoms with Crippen molar-refractivity contribution in [1.29, 1.82) is 0 Å². The Kier molecular flexibility index (Phi) is 4.95. The Morgan fingerprint density at radius 1 is 1.59 bits per heavy atom. The summed E-state index contributed by atoms with van der Waals surface area (Å²) in [5, 5.41) is 12.6. The maximum atomic E-state index is 11.6. The minimum absolute atomic E-state index is 0.293. The summed E-state index contributed by atoms with van der Waals surface area (Å²) >= 11 is 0. The second-order valence-electron chi connectivity index (χ2n) is 5.35. The molecule has 0 heterocycles. The van der Waals surface area contributed by atoms with Crippen LogP contribution in [0.25, 0.3) is 0 Å². The van der Waals surface area contributed by atoms with Crippen molar-refractivity contribution >= 4 is 5.97 Å². The molecule has 2 N–H and O–H groups in total. The van der Waals surface area contributed by atoms with E-state index < -0.39 is 11.5 Å². The molecular formula is C13H26N2O2. The first-order valence-electron chi connectivity index (χ1n) is 6.60. The number of nitrogens with one attached hydrogen (secondary N) is 1. The molecule has 0 aliphatic heterocycles. The molecule has 0 bridgehead atoms. The lowest BCUT2D eigenvalue weighted by molar-refractivity contribution is -0.146. The van der Waals surface area contributed by atoms with Crippen LogP contribution >= 0.6 is 0 Å². The maximum absolute atomic E-state index is 11.6. The SMILES string of the molecule is CCCC(C)N(C)CC(NC)(C(=O)O)C1CC1. The third kappa shape index (κ3) is 3.19. The van der Waals surface area contributed by atoms with E-state index in [0.717, 1.165) is 25.7 Å². The first-order chi connectivity index (χ1) is 7.97. The quantitative estimate of drug-likeness (QED) is 0.678. The number of carbonyl (C=O) groups is 1. The summed E-state index contributed by atoms with van der Waals surface area (Å²) in [5.74, 6) is -0.417. The van der Waals surface area contributed by atoms with Gasteiger partial charge < -0.3 is 15.3 Å². The van der Waals surface area contributed by atoms with Crippen molar-refractivity contribution in [3.8, 4) is 0 Å². The van der Waals surface area contributed by atoms with Gasteiger partial charge in [-0.15, -0.1) is 0 Å². The molecule has 17 heavy (non-hydrogen) atoms. The van der Waals surface area contributed by atoms with Gasteiger partial charge in [0.2, 0.25) is 0 Å². The Balaban J connectivity index is 2.69. The average Bonchev–Trinajstić information content (AvgIpc) is 3.09. The van der Waals surface area contributed by atoms with E-state index in [4.69, 9.17) is 0 Å². The highest BCUT2D eigenvalue weighted by Gasteiger charge is 2.50. The van der Waals surface area contributed by atoms with Crippen molar-refractivity contribution in [1.82, 2.24) is 10.2 Å². The molecule has 4 nitrogen and oxygen atoms in total. The second kappa shape index (κ2) is 5.83. The summed E-state index contributed by atoms with van der Waals surface area (Å²) < 4.78 is 0. The number of aliphatic carboxylic acids is 1. The topological polar surface area (TPSA) is 52.6 Å². The fourth-order valence-electron chi connectivity index (χ4n) is 2.52. The van der Waals surface area contributed by atoms with Crippen molar-refractivity contribution in [2.24, 2.45) is 5.92 Å². The van der Waals surface area contributed by atoms with Crippen molar-refractivity contribution < 1.29 is 9.90 Å². The molecule has 1 fully saturated rings. The molecule has 2 unspecified atom stereocenters. The van der Waals surface area contributed by atoms with Gasteiger partial charge in [-0.2, -0.15) is 0 Å². The highest BCUT2D eigenvalue weighted by molar-refractivity contribution is 5.80. The normalized spacial score (nSPS) is 21.2. The molecule has 1 rings (SSSR count). The number of carboxylic acids is 1. The zero-order chi connectivity index (χ0) is 13.1. The first kappa shape index (κ1) is 14.5. The van der Waals surface area contributed by atoms with Gasteiger partial charge in [0.25, 0.3) is 0 Å². The van der Waals surface area contributed by atoms with Crippen molar-refractivity contribution in [2.75, 3.05) is 20.6 Å². The lowest BCUT2D eigenvalue weighted by Crippen LogP contribution is -2.60. The number of carboxylic acid groups (broad SMARTS) is 1. The van der Waals surface area contributed by atoms with E-state index in [2.05, 4.69) is 24.1 Å². The minimum atomic E-state index is -0.753. The van der Waals surface area contributed by atoms with Gasteiger partial charge in [0, 0.05) is 12.6 Å². The molecule has 0 aromatic rings. The highest BCUT2D eigenvalue weighted by Crippen LogP contribution is 2.40. The van der Waals surface area contributed by atoms with Gasteiger partial charge in [-0.3, -0.25) is 4.79 Å². The minimum Gasteiger partial charge on any atom is -0.480 e. The number of nitrogens with zero attached hydrogens (tertiary/aromatic N) is 1. The van der Waals surface area contributed by atoms with Crippen LogP contribution in [-0.2, 0) is 4.79 Å². The average molecular weight is 242 g/mol. The van der Waals surface area contributed by atoms with Crippen LogP contribution in [0.5, 0.6) is 0 Å². The summed E-state index contributed by atoms with van der Waals surface area (Å²) in [6, 6.07) is 0.436. The molecule has 0 aromatic carbocycles. The van der Waals surface area contributed by atoms with Crippen LogP contribution in [0.3, 0.4) is 0 Å². The van der Waals surface area contributed by atoms with Crippen molar-refractivity contribution in [2.45, 2.75) is 51.1 Å². The lowest BCUT2D eigenvalue weighted by atomic mass is 9.92. The van der Waals surface area contributed by atoms with Gasteiger partial charge in [-0.1, -0.05) is 13.3 Å². The number of likely N-dealkylation sites (N-methyl/N-ethyl adjacent to an activating group) is 2. The summed E-state index contributed by atoms with van der Waals surface area (Å²) in [6.45, 7) is 4.91. The molecule has 0 radical (unpaired) electrons. The van der Waals surface area contributed by atoms with Crippen LogP contribution in [0.15, 0.2) is 0 Å². The van der Waals surface area contributed by atoms with Crippen LogP contribution in [0.2, 0.25) is 0 Å². The van der Waals surface area contributed by atoms with Crippen LogP contribution in [-0.4, -0.2) is 48.2 Å². The first-order valence-corrected chi connectivity index (χ1v) is 6.60. The number of rotatable bonds is 8. The molecule has 1 saturated carbocycles. The van der Waals surface area contributed by atoms with Crippen LogP contribution in [0.1, 0.15) is 39.5 Å². The molecule has 0 saturated heterocycles. The summed E-state index contributed by atoms with van der Waals surface area (Å²) in [6.07, 6.45) is 4.31. The Morgan fingerprint density at radius 2 is 2.18 bits per heavy atom. The molecule has 0 spiro atoms. The molecule has 2 atom stereocenters. The molecule has 100 valence electrons. The monoisotopic (exact) mass is 242 g/mol. The zero-order valence-corrected chi connectivity index (χ0v) is 11.5. The lowest BCUT2D eigenvalue weighted by Gasteiger charge is -2.36. The molecule has 1 aliphatic carbocycles. The van der Waals surface area contributed by atoms with Crippen molar-refractivity contribution in [3.05, 3.63) is 0 Å². The van der Waals surface area contributed by atoms with Gasteiger partial charge in [0.15, 0.2) is 0 Å². The largest absolute Gasteiger partial charge is 0.480 e. The molecular weight excluding hydrogens is 216 g/mol. The van der Waals surface area contributed by atoms with Gasteiger partial charge in [0.05, 0.1) is 0 Å². The second-order valence-corrected chi connectivity index (χ2v) is 5.35. The van der Waals surface area contributed by atoms with E-state index in [9.17, 15) is 9.90 Å². The van der Waals surface area contributed by atoms with E-state index in [-0.39, 0.29) is 0 Å². The summed E-state index contributed by atoms with van der Waals surface area (Å²) in [4.78, 5) is 13.7. The fraction of sp³-hybridized carbons (Fsp3) is 0.923. The standard InChI is InChI=1S/C13H26N2O2/c1-5-6-10(2)15(4)9-13(14-3,12(16)17)11-7-8-11/h10-11,14H,5-9H2,1-4H3,(H,16,17). The number of hydrogen-bond acceptors (Lipinski definition) is 3. The Bertz CT molecular complexity index is 266. The third-order valence-electron chi connectivity index (χ3n) is 4.06. The van der Waals surface area contributed by atoms with Crippen LogP contribution < -0.4 is 5.32 Å². The smallest absolute Gasteiger partial charge is 0.325 e. The Labute approximate surface area is 104 Å². The van der Waals surface area contributed by atoms with Gasteiger partial charge in [0.1, 0.15) is 5.54 Å². The van der Waals surface area contributed by atoms with Gasteiger partial charge in [-0.05, 0) is 46.2 Å². The van der Waals surface area contributed by atoms with Crippen LogP contribution in [0, 0.1) is 5.92 Å². The molecule has 0 aromatic heterocycles. The summed E-state index contributed by atoms with van der Waals surface area (Å²) in [5.41, 5.74) is -0.753. The molecule has 1 aliphatic rings. The Hall–Kier alpha value is -0.610. The molecule has 0 amide bonds. The maximum Gasteiger partial charge on any atom is 0.325 e. The highest BCUT2D eigenvalue weighted by atomic mass is 16.4. The van der Waals surface area contributed by atoms with E-state index in [0.29, 0.717) is 18.5 Å². The van der Waals surface area contributed by atoms with E-state index >= 15 is 0 Å². The molecule has 4 heteroatoms. The predicted octanol–water partition coefficient (Wildman–Crippen LogP) is 1.56. The zero-order valence-electron chi connectivity index (χ0n) is 11.5. The van der Waals surface area contributed by atoms with Gasteiger partial charge >= 0.3 is 5.97 Å². The predicted molar refractivity (Wildman–Crippen MR) is 69.2 cm³/mol. The third-order valence-corrected chi connectivity index (χ3v) is 4.06. The van der Waals surface area contributed by atoms with E-state index in [1.165, 1.54) is 0 Å². The number of hydrogen-bond donors (Lipinski definition) is 2. The van der Waals surface area contributed by atoms with Gasteiger partial charge in [-0.25, -0.2) is 0 Å². The Morgan fingerprint density at radius 3 is 2.53 bits per heavy atom. The van der Waals surface area contributed by atoms with Crippen molar-refractivity contribution in [3.63, 3.8) is 0 Å². The summed E-state index contributed by atoms with van der Waals surface area (Å²) in [7, 11) is 3.79.